The predicted octanol–water partition coefficient (Wildman–Crippen LogP) is 1.82. The Morgan fingerprint density at radius 2 is 1.81 bits per heavy atom. The lowest BCUT2D eigenvalue weighted by Crippen LogP contribution is -2.11. The van der Waals surface area contributed by atoms with E-state index in [1.54, 1.807) is 0 Å². The summed E-state index contributed by atoms with van der Waals surface area (Å²) in [4.78, 5) is 11.4. The van der Waals surface area contributed by atoms with Crippen molar-refractivity contribution in [1.82, 2.24) is 0 Å². The fourth-order valence-electron chi connectivity index (χ4n) is 1.28. The van der Waals surface area contributed by atoms with E-state index in [0.29, 0.717) is 0 Å². The lowest BCUT2D eigenvalue weighted by molar-refractivity contribution is -0.136. The van der Waals surface area contributed by atoms with Gasteiger partial charge in [-0.15, -0.1) is 0 Å². The molecule has 1 aromatic carbocycles. The third kappa shape index (κ3) is 3.02. The first-order chi connectivity index (χ1) is 7.69. The Hall–Kier alpha value is -1.97. The van der Waals surface area contributed by atoms with E-state index in [1.165, 1.54) is 14.2 Å². The molecule has 1 rings (SSSR count). The summed E-state index contributed by atoms with van der Waals surface area (Å²) in [5.41, 5.74) is 1.00. The standard InChI is InChI=1S/C12H14O4/c1-15-11(13)10(12(14)16-2)8-9-6-4-3-5-7-9/h3-7,13H,8H2,1-2H3/b11-10-. The van der Waals surface area contributed by atoms with Crippen LogP contribution in [0.25, 0.3) is 0 Å². The number of methoxy groups -OCH3 is 2. The average molecular weight is 222 g/mol. The van der Waals surface area contributed by atoms with Crippen molar-refractivity contribution in [3.05, 3.63) is 47.4 Å². The highest BCUT2D eigenvalue weighted by Gasteiger charge is 2.17. The zero-order valence-corrected chi connectivity index (χ0v) is 9.27. The van der Waals surface area contributed by atoms with Gasteiger partial charge in [0.2, 0.25) is 0 Å². The van der Waals surface area contributed by atoms with Crippen LogP contribution in [0.5, 0.6) is 0 Å². The number of esters is 1. The number of aliphatic hydroxyl groups excluding tert-OH is 1. The fraction of sp³-hybridized carbons (Fsp3) is 0.250. The summed E-state index contributed by atoms with van der Waals surface area (Å²) in [6.07, 6.45) is 0.271. The van der Waals surface area contributed by atoms with Crippen LogP contribution in [0.15, 0.2) is 41.9 Å². The molecular weight excluding hydrogens is 208 g/mol. The van der Waals surface area contributed by atoms with Crippen molar-refractivity contribution in [3.63, 3.8) is 0 Å². The van der Waals surface area contributed by atoms with Crippen molar-refractivity contribution in [2.75, 3.05) is 14.2 Å². The first-order valence-electron chi connectivity index (χ1n) is 4.77. The molecule has 0 aromatic heterocycles. The van der Waals surface area contributed by atoms with Crippen LogP contribution in [0.2, 0.25) is 0 Å². The molecule has 0 heterocycles. The molecule has 0 amide bonds. The van der Waals surface area contributed by atoms with E-state index in [-0.39, 0.29) is 12.0 Å². The number of aliphatic hydroxyl groups is 1. The molecule has 0 saturated carbocycles. The van der Waals surface area contributed by atoms with E-state index in [2.05, 4.69) is 9.47 Å². The van der Waals surface area contributed by atoms with Crippen molar-refractivity contribution in [3.8, 4) is 0 Å². The van der Waals surface area contributed by atoms with Gasteiger partial charge in [0.05, 0.1) is 14.2 Å². The van der Waals surface area contributed by atoms with Gasteiger partial charge >= 0.3 is 5.97 Å². The molecule has 0 radical (unpaired) electrons. The number of rotatable bonds is 4. The molecule has 0 aliphatic heterocycles. The minimum Gasteiger partial charge on any atom is -0.481 e. The molecule has 0 unspecified atom stereocenters. The average Bonchev–Trinajstić information content (AvgIpc) is 2.35. The van der Waals surface area contributed by atoms with Crippen molar-refractivity contribution < 1.29 is 19.4 Å². The number of carbonyl (C=O) groups is 1. The summed E-state index contributed by atoms with van der Waals surface area (Å²) < 4.78 is 9.21. The van der Waals surface area contributed by atoms with E-state index in [1.807, 2.05) is 30.3 Å². The zero-order valence-electron chi connectivity index (χ0n) is 9.27. The normalized spacial score (nSPS) is 11.6. The molecule has 1 N–H and O–H groups in total. The Morgan fingerprint density at radius 3 is 2.31 bits per heavy atom. The minimum absolute atomic E-state index is 0.108. The first-order valence-corrected chi connectivity index (χ1v) is 4.77. The first kappa shape index (κ1) is 12.1. The quantitative estimate of drug-likeness (QED) is 0.479. The zero-order chi connectivity index (χ0) is 12.0. The van der Waals surface area contributed by atoms with Gasteiger partial charge in [-0.05, 0) is 5.56 Å². The van der Waals surface area contributed by atoms with Gasteiger partial charge in [-0.25, -0.2) is 4.79 Å². The van der Waals surface area contributed by atoms with Crippen molar-refractivity contribution >= 4 is 5.97 Å². The number of hydrogen-bond donors (Lipinski definition) is 1. The van der Waals surface area contributed by atoms with E-state index < -0.39 is 11.9 Å². The van der Waals surface area contributed by atoms with Crippen LogP contribution in [0.4, 0.5) is 0 Å². The van der Waals surface area contributed by atoms with Gasteiger partial charge in [0, 0.05) is 6.42 Å². The second-order valence-electron chi connectivity index (χ2n) is 3.14. The van der Waals surface area contributed by atoms with Crippen LogP contribution in [-0.4, -0.2) is 25.3 Å². The van der Waals surface area contributed by atoms with Gasteiger partial charge in [-0.1, -0.05) is 30.3 Å². The molecule has 0 fully saturated rings. The lowest BCUT2D eigenvalue weighted by atomic mass is 10.1. The Kier molecular flexibility index (Phi) is 4.39. The van der Waals surface area contributed by atoms with Crippen molar-refractivity contribution in [2.24, 2.45) is 0 Å². The minimum atomic E-state index is -0.594. The van der Waals surface area contributed by atoms with Crippen molar-refractivity contribution in [1.29, 1.82) is 0 Å². The summed E-state index contributed by atoms with van der Waals surface area (Å²) in [5.74, 6) is -1.00. The molecule has 4 nitrogen and oxygen atoms in total. The number of hydrogen-bond acceptors (Lipinski definition) is 4. The number of carbonyl (C=O) groups excluding carboxylic acids is 1. The van der Waals surface area contributed by atoms with Crippen LogP contribution >= 0.6 is 0 Å². The van der Waals surface area contributed by atoms with E-state index in [0.717, 1.165) is 5.56 Å². The Balaban J connectivity index is 2.93. The molecule has 0 spiro atoms. The summed E-state index contributed by atoms with van der Waals surface area (Å²) in [7, 11) is 2.56. The smallest absolute Gasteiger partial charge is 0.341 e. The van der Waals surface area contributed by atoms with Crippen LogP contribution in [-0.2, 0) is 20.7 Å². The topological polar surface area (TPSA) is 55.8 Å². The highest BCUT2D eigenvalue weighted by atomic mass is 16.6. The third-order valence-corrected chi connectivity index (χ3v) is 2.11. The maximum absolute atomic E-state index is 11.4. The fourth-order valence-corrected chi connectivity index (χ4v) is 1.28. The SMILES string of the molecule is COC(=O)/C(Cc1ccccc1)=C(/O)OC. The van der Waals surface area contributed by atoms with Crippen LogP contribution < -0.4 is 0 Å². The predicted molar refractivity (Wildman–Crippen MR) is 58.8 cm³/mol. The molecule has 86 valence electrons. The Morgan fingerprint density at radius 1 is 1.19 bits per heavy atom. The second kappa shape index (κ2) is 5.80. The van der Waals surface area contributed by atoms with Gasteiger partial charge in [0.1, 0.15) is 5.57 Å². The molecule has 0 aliphatic rings. The van der Waals surface area contributed by atoms with Gasteiger partial charge in [0.15, 0.2) is 0 Å². The van der Waals surface area contributed by atoms with Gasteiger partial charge in [-0.2, -0.15) is 0 Å². The van der Waals surface area contributed by atoms with Crippen LogP contribution in [0.3, 0.4) is 0 Å². The van der Waals surface area contributed by atoms with E-state index in [4.69, 9.17) is 0 Å². The van der Waals surface area contributed by atoms with Crippen LogP contribution in [0, 0.1) is 0 Å². The Labute approximate surface area is 94.1 Å². The summed E-state index contributed by atoms with van der Waals surface area (Å²) in [6, 6.07) is 9.29. The molecule has 0 bridgehead atoms. The monoisotopic (exact) mass is 222 g/mol. The summed E-state index contributed by atoms with van der Waals surface area (Å²) >= 11 is 0. The lowest BCUT2D eigenvalue weighted by Gasteiger charge is -2.07. The molecule has 0 saturated heterocycles. The third-order valence-electron chi connectivity index (χ3n) is 2.11. The molecule has 0 aliphatic carbocycles. The van der Waals surface area contributed by atoms with Gasteiger partial charge in [0.25, 0.3) is 5.95 Å². The highest BCUT2D eigenvalue weighted by molar-refractivity contribution is 5.89. The Bertz CT molecular complexity index is 381. The highest BCUT2D eigenvalue weighted by Crippen LogP contribution is 2.12. The maximum Gasteiger partial charge on any atom is 0.341 e. The summed E-state index contributed by atoms with van der Waals surface area (Å²) in [5, 5.41) is 9.44. The molecular formula is C12H14O4. The second-order valence-corrected chi connectivity index (χ2v) is 3.14. The van der Waals surface area contributed by atoms with Crippen molar-refractivity contribution in [2.45, 2.75) is 6.42 Å². The molecule has 1 aromatic rings. The molecule has 0 atom stereocenters. The van der Waals surface area contributed by atoms with Crippen LogP contribution in [0.1, 0.15) is 5.56 Å². The number of benzene rings is 1. The largest absolute Gasteiger partial charge is 0.481 e. The maximum atomic E-state index is 11.4. The van der Waals surface area contributed by atoms with E-state index >= 15 is 0 Å². The molecule has 16 heavy (non-hydrogen) atoms. The summed E-state index contributed by atoms with van der Waals surface area (Å²) in [6.45, 7) is 0. The van der Waals surface area contributed by atoms with E-state index in [9.17, 15) is 9.90 Å². The van der Waals surface area contributed by atoms with Gasteiger partial charge in [-0.3, -0.25) is 0 Å². The van der Waals surface area contributed by atoms with Gasteiger partial charge < -0.3 is 14.6 Å². The molecule has 4 heteroatoms. The number of ether oxygens (including phenoxy) is 2.